The van der Waals surface area contributed by atoms with Gasteiger partial charge in [0.1, 0.15) is 5.82 Å². The monoisotopic (exact) mass is 471 g/mol. The lowest BCUT2D eigenvalue weighted by atomic mass is 10.1. The van der Waals surface area contributed by atoms with Crippen molar-refractivity contribution >= 4 is 32.8 Å². The van der Waals surface area contributed by atoms with E-state index >= 15 is 0 Å². The highest BCUT2D eigenvalue weighted by Crippen LogP contribution is 2.29. The molecule has 2 aromatic heterocycles. The molecule has 0 bridgehead atoms. The van der Waals surface area contributed by atoms with Crippen LogP contribution in [-0.2, 0) is 22.3 Å². The molecule has 0 aliphatic heterocycles. The molecular weight excluding hydrogens is 446 g/mol. The van der Waals surface area contributed by atoms with Gasteiger partial charge in [0.15, 0.2) is 0 Å². The fourth-order valence-corrected chi connectivity index (χ4v) is 5.06. The fraction of sp³-hybridized carbons (Fsp3) is 0.318. The van der Waals surface area contributed by atoms with Crippen molar-refractivity contribution in [3.05, 3.63) is 53.9 Å². The molecule has 10 heteroatoms. The highest BCUT2D eigenvalue weighted by atomic mass is 32.2. The van der Waals surface area contributed by atoms with Crippen molar-refractivity contribution in [2.45, 2.75) is 42.7 Å². The number of hydrogen-bond acceptors (Lipinski definition) is 7. The van der Waals surface area contributed by atoms with Crippen LogP contribution in [0.3, 0.4) is 0 Å². The number of aryl methyl sites for hydroxylation is 2. The van der Waals surface area contributed by atoms with Crippen LogP contribution in [0, 0.1) is 6.92 Å². The summed E-state index contributed by atoms with van der Waals surface area (Å²) in [5.74, 6) is 1.85. The number of thioether (sulfide) groups is 1. The summed E-state index contributed by atoms with van der Waals surface area (Å²) in [5, 5.41) is 8.82. The topological polar surface area (TPSA) is 94.1 Å². The van der Waals surface area contributed by atoms with Crippen molar-refractivity contribution in [3.8, 4) is 11.5 Å². The Kier molecular flexibility index (Phi) is 6.36. The number of hydrogen-bond donors (Lipinski definition) is 0. The van der Waals surface area contributed by atoms with Crippen LogP contribution in [0.2, 0.25) is 0 Å². The molecule has 0 saturated carbocycles. The summed E-state index contributed by atoms with van der Waals surface area (Å²) in [7, 11) is -0.480. The maximum Gasteiger partial charge on any atom is 0.277 e. The molecule has 0 saturated heterocycles. The van der Waals surface area contributed by atoms with Gasteiger partial charge in [0.25, 0.3) is 5.22 Å². The van der Waals surface area contributed by atoms with E-state index in [1.54, 1.807) is 12.1 Å². The molecule has 0 amide bonds. The van der Waals surface area contributed by atoms with E-state index in [4.69, 9.17) is 9.40 Å². The van der Waals surface area contributed by atoms with Crippen LogP contribution in [-0.4, -0.2) is 46.6 Å². The molecule has 0 aliphatic carbocycles. The maximum absolute atomic E-state index is 12.5. The summed E-state index contributed by atoms with van der Waals surface area (Å²) < 4.78 is 34.2. The van der Waals surface area contributed by atoms with Crippen LogP contribution in [0.1, 0.15) is 24.7 Å². The minimum absolute atomic E-state index is 0.232. The van der Waals surface area contributed by atoms with Crippen LogP contribution in [0.5, 0.6) is 0 Å². The van der Waals surface area contributed by atoms with Crippen LogP contribution >= 0.6 is 11.8 Å². The molecular formula is C22H25N5O3S2. The first-order valence-electron chi connectivity index (χ1n) is 10.2. The van der Waals surface area contributed by atoms with E-state index in [0.29, 0.717) is 22.4 Å². The molecule has 0 unspecified atom stereocenters. The van der Waals surface area contributed by atoms with Gasteiger partial charge in [0.2, 0.25) is 15.9 Å². The standard InChI is InChI=1S/C22H25N5O3S2/c1-5-12-27-19-11-10-16(32(28,29)26(3)4)13-18(19)23-20(27)14-31-22-25-24-21(30-22)17-9-7-6-8-15(17)2/h6-11,13H,5,12,14H2,1-4H3. The van der Waals surface area contributed by atoms with E-state index < -0.39 is 10.0 Å². The van der Waals surface area contributed by atoms with Crippen LogP contribution < -0.4 is 0 Å². The SMILES string of the molecule is CCCn1c(CSc2nnc(-c3ccccc3C)o2)nc2cc(S(=O)(=O)N(C)C)ccc21. The molecule has 0 fully saturated rings. The summed E-state index contributed by atoms with van der Waals surface area (Å²) in [6.07, 6.45) is 0.929. The van der Waals surface area contributed by atoms with Gasteiger partial charge in [-0.1, -0.05) is 36.9 Å². The van der Waals surface area contributed by atoms with Gasteiger partial charge >= 0.3 is 0 Å². The fourth-order valence-electron chi connectivity index (χ4n) is 3.43. The highest BCUT2D eigenvalue weighted by Gasteiger charge is 2.20. The van der Waals surface area contributed by atoms with Gasteiger partial charge in [0, 0.05) is 26.2 Å². The average molecular weight is 472 g/mol. The number of aromatic nitrogens is 4. The predicted octanol–water partition coefficient (Wildman–Crippen LogP) is 4.35. The molecule has 4 rings (SSSR count). The molecule has 32 heavy (non-hydrogen) atoms. The van der Waals surface area contributed by atoms with Crippen molar-refractivity contribution in [2.75, 3.05) is 14.1 Å². The Balaban J connectivity index is 1.61. The summed E-state index contributed by atoms with van der Waals surface area (Å²) in [4.78, 5) is 4.96. The molecule has 0 N–H and O–H groups in total. The number of fused-ring (bicyclic) bond motifs is 1. The van der Waals surface area contributed by atoms with Crippen LogP contribution in [0.4, 0.5) is 0 Å². The molecule has 0 aliphatic rings. The Morgan fingerprint density at radius 3 is 2.62 bits per heavy atom. The van der Waals surface area contributed by atoms with Crippen molar-refractivity contribution in [1.29, 1.82) is 0 Å². The quantitative estimate of drug-likeness (QED) is 0.353. The summed E-state index contributed by atoms with van der Waals surface area (Å²) in [6.45, 7) is 4.88. The van der Waals surface area contributed by atoms with E-state index in [0.717, 1.165) is 35.4 Å². The second-order valence-electron chi connectivity index (χ2n) is 7.59. The number of sulfonamides is 1. The molecule has 4 aromatic rings. The molecule has 2 heterocycles. The van der Waals surface area contributed by atoms with Gasteiger partial charge < -0.3 is 8.98 Å². The van der Waals surface area contributed by atoms with Gasteiger partial charge in [-0.2, -0.15) is 0 Å². The number of benzene rings is 2. The molecule has 8 nitrogen and oxygen atoms in total. The van der Waals surface area contributed by atoms with Crippen molar-refractivity contribution in [2.24, 2.45) is 0 Å². The van der Waals surface area contributed by atoms with Crippen molar-refractivity contribution in [1.82, 2.24) is 24.1 Å². The first-order valence-corrected chi connectivity index (χ1v) is 12.7. The van der Waals surface area contributed by atoms with E-state index in [1.807, 2.05) is 37.3 Å². The zero-order valence-corrected chi connectivity index (χ0v) is 20.1. The first-order chi connectivity index (χ1) is 15.3. The Labute approximate surface area is 191 Å². The first kappa shape index (κ1) is 22.5. The predicted molar refractivity (Wildman–Crippen MR) is 125 cm³/mol. The van der Waals surface area contributed by atoms with Crippen molar-refractivity contribution < 1.29 is 12.8 Å². The lowest BCUT2D eigenvalue weighted by molar-refractivity contribution is 0.465. The molecule has 2 aromatic carbocycles. The van der Waals surface area contributed by atoms with Gasteiger partial charge in [-0.15, -0.1) is 10.2 Å². The third-order valence-electron chi connectivity index (χ3n) is 5.13. The second kappa shape index (κ2) is 9.05. The molecule has 0 atom stereocenters. The summed E-state index contributed by atoms with van der Waals surface area (Å²) in [5.41, 5.74) is 3.55. The number of rotatable bonds is 8. The van der Waals surface area contributed by atoms with Crippen LogP contribution in [0.25, 0.3) is 22.5 Å². The third kappa shape index (κ3) is 4.30. The third-order valence-corrected chi connectivity index (χ3v) is 7.76. The van der Waals surface area contributed by atoms with E-state index in [1.165, 1.54) is 30.2 Å². The average Bonchev–Trinajstić information content (AvgIpc) is 3.37. The van der Waals surface area contributed by atoms with Crippen molar-refractivity contribution in [3.63, 3.8) is 0 Å². The molecule has 168 valence electrons. The smallest absolute Gasteiger partial charge is 0.277 e. The Bertz CT molecular complexity index is 1360. The lowest BCUT2D eigenvalue weighted by Crippen LogP contribution is -2.22. The van der Waals surface area contributed by atoms with Crippen LogP contribution in [0.15, 0.2) is 57.0 Å². The summed E-state index contributed by atoms with van der Waals surface area (Å²) >= 11 is 1.41. The minimum Gasteiger partial charge on any atom is -0.411 e. The highest BCUT2D eigenvalue weighted by molar-refractivity contribution is 7.98. The van der Waals surface area contributed by atoms with E-state index in [9.17, 15) is 8.42 Å². The zero-order chi connectivity index (χ0) is 22.9. The Hall–Kier alpha value is -2.69. The minimum atomic E-state index is -3.52. The van der Waals surface area contributed by atoms with E-state index in [-0.39, 0.29) is 4.90 Å². The lowest BCUT2D eigenvalue weighted by Gasteiger charge is -2.11. The Morgan fingerprint density at radius 1 is 1.12 bits per heavy atom. The van der Waals surface area contributed by atoms with Gasteiger partial charge in [-0.25, -0.2) is 17.7 Å². The maximum atomic E-state index is 12.5. The summed E-state index contributed by atoms with van der Waals surface area (Å²) in [6, 6.07) is 13.0. The number of nitrogens with zero attached hydrogens (tertiary/aromatic N) is 5. The molecule has 0 spiro atoms. The zero-order valence-electron chi connectivity index (χ0n) is 18.4. The Morgan fingerprint density at radius 2 is 1.91 bits per heavy atom. The molecule has 0 radical (unpaired) electrons. The van der Waals surface area contributed by atoms with E-state index in [2.05, 4.69) is 21.7 Å². The normalized spacial score (nSPS) is 12.2. The second-order valence-corrected chi connectivity index (χ2v) is 10.7. The van der Waals surface area contributed by atoms with Gasteiger partial charge in [-0.3, -0.25) is 0 Å². The van der Waals surface area contributed by atoms with Gasteiger partial charge in [0.05, 0.1) is 21.7 Å². The largest absolute Gasteiger partial charge is 0.411 e. The van der Waals surface area contributed by atoms with Gasteiger partial charge in [-0.05, 0) is 43.2 Å². The number of imidazole rings is 1.